The molecule has 0 bridgehead atoms. The zero-order chi connectivity index (χ0) is 49.5. The molecule has 2 saturated heterocycles. The second-order valence-electron chi connectivity index (χ2n) is 18.0. The maximum absolute atomic E-state index is 13.4. The number of aliphatic carboxylic acids is 1. The van der Waals surface area contributed by atoms with E-state index in [2.05, 4.69) is 53.4 Å². The van der Waals surface area contributed by atoms with Crippen molar-refractivity contribution < 1.29 is 24.3 Å². The van der Waals surface area contributed by atoms with Gasteiger partial charge in [-0.25, -0.2) is 14.8 Å². The number of carbonyl (C=O) groups excluding carboxylic acids is 3. The van der Waals surface area contributed by atoms with E-state index in [9.17, 15) is 24.3 Å². The molecule has 4 N–H and O–H groups in total. The monoisotopic (exact) mass is 1050 g/mol. The van der Waals surface area contributed by atoms with Crippen LogP contribution in [0.2, 0.25) is 20.1 Å². The molecular formula is C50H50Cl4N8O5S2. The number of carboxylic acid groups (broad SMARTS) is 1. The number of carboxylic acids is 1. The minimum atomic E-state index is -0.918. The molecule has 10 rings (SSSR count). The fraction of sp³-hybridized carbons (Fsp3) is 0.320. The Bertz CT molecular complexity index is 2800. The Kier molecular flexibility index (Phi) is 14.9. The fourth-order valence-electron chi connectivity index (χ4n) is 9.28. The molecule has 19 heteroatoms. The molecule has 4 aromatic rings. The summed E-state index contributed by atoms with van der Waals surface area (Å²) in [6, 6.07) is 30.6. The number of rotatable bonds is 8. The smallest absolute Gasteiger partial charge is 0.344 e. The number of nitrogens with zero attached hydrogens (tertiary/aromatic N) is 5. The third kappa shape index (κ3) is 10.0. The number of amidine groups is 2. The molecule has 0 aromatic heterocycles. The van der Waals surface area contributed by atoms with Crippen LogP contribution >= 0.6 is 69.9 Å². The zero-order valence-corrected chi connectivity index (χ0v) is 43.2. The number of thioether (sulfide) groups is 2. The van der Waals surface area contributed by atoms with Crippen molar-refractivity contribution in [2.45, 2.75) is 64.7 Å². The molecule has 6 aliphatic heterocycles. The van der Waals surface area contributed by atoms with Gasteiger partial charge in [0.15, 0.2) is 10.3 Å². The maximum Gasteiger partial charge on any atom is 0.344 e. The van der Waals surface area contributed by atoms with Gasteiger partial charge in [-0.15, -0.1) is 0 Å². The summed E-state index contributed by atoms with van der Waals surface area (Å²) in [7, 11) is 0. The number of amides is 3. The Morgan fingerprint density at radius 3 is 1.38 bits per heavy atom. The highest BCUT2D eigenvalue weighted by Gasteiger charge is 2.55. The lowest BCUT2D eigenvalue weighted by atomic mass is 9.81. The molecule has 360 valence electrons. The van der Waals surface area contributed by atoms with E-state index in [0.29, 0.717) is 48.3 Å². The first-order valence-electron chi connectivity index (χ1n) is 22.2. The van der Waals surface area contributed by atoms with Gasteiger partial charge in [-0.3, -0.25) is 19.7 Å². The molecule has 4 unspecified atom stereocenters. The van der Waals surface area contributed by atoms with Crippen LogP contribution in [0, 0.1) is 11.8 Å². The van der Waals surface area contributed by atoms with Crippen LogP contribution in [0.1, 0.15) is 75.9 Å². The highest BCUT2D eigenvalue weighted by Crippen LogP contribution is 2.58. The van der Waals surface area contributed by atoms with Gasteiger partial charge in [0.1, 0.15) is 27.4 Å². The molecular weight excluding hydrogens is 999 g/mol. The van der Waals surface area contributed by atoms with Crippen molar-refractivity contribution >= 4 is 104 Å². The predicted octanol–water partition coefficient (Wildman–Crippen LogP) is 10.1. The normalized spacial score (nSPS) is 23.6. The van der Waals surface area contributed by atoms with Crippen molar-refractivity contribution in [2.24, 2.45) is 21.8 Å². The molecule has 3 amide bonds. The third-order valence-electron chi connectivity index (χ3n) is 12.5. The lowest BCUT2D eigenvalue weighted by Crippen LogP contribution is -2.36. The summed E-state index contributed by atoms with van der Waals surface area (Å²) in [5.74, 6) is -1.02. The van der Waals surface area contributed by atoms with Crippen LogP contribution in [0.4, 0.5) is 0 Å². The minimum absolute atomic E-state index is 0.0312. The van der Waals surface area contributed by atoms with Crippen LogP contribution in [0.25, 0.3) is 0 Å². The molecule has 4 atom stereocenters. The van der Waals surface area contributed by atoms with Gasteiger partial charge in [-0.05, 0) is 120 Å². The Labute approximate surface area is 429 Å². The van der Waals surface area contributed by atoms with Gasteiger partial charge in [-0.2, -0.15) is 0 Å². The number of halogens is 4. The average molecular weight is 1050 g/mol. The SMILES string of the molecule is CC(C)C1=C(C(=O)N2CNC(=O)C2)SC2=NC(C)(c3ccc(Cl)cc3)C(c3ccc(Cl)cc3)N21.CC(C)C1=C(C(=O)O)SC2=NC(C)(c3ccc(Cl)cc3)C(c3ccc(Cl)cc3)N21.O=C1CNCN1. The summed E-state index contributed by atoms with van der Waals surface area (Å²) in [6.45, 7) is 13.8. The van der Waals surface area contributed by atoms with Crippen LogP contribution in [-0.2, 0) is 30.3 Å². The van der Waals surface area contributed by atoms with E-state index in [1.54, 1.807) is 4.90 Å². The van der Waals surface area contributed by atoms with E-state index >= 15 is 0 Å². The van der Waals surface area contributed by atoms with Gasteiger partial charge in [0, 0.05) is 31.5 Å². The van der Waals surface area contributed by atoms with Gasteiger partial charge in [-0.1, -0.05) is 123 Å². The number of benzene rings is 4. The van der Waals surface area contributed by atoms with Gasteiger partial charge in [0.2, 0.25) is 11.8 Å². The van der Waals surface area contributed by atoms with E-state index in [1.165, 1.54) is 23.5 Å². The van der Waals surface area contributed by atoms with E-state index in [-0.39, 0.29) is 54.9 Å². The molecule has 0 radical (unpaired) electrons. The van der Waals surface area contributed by atoms with Crippen LogP contribution in [0.15, 0.2) is 128 Å². The Morgan fingerprint density at radius 2 is 1.04 bits per heavy atom. The first kappa shape index (κ1) is 50.4. The molecule has 2 fully saturated rings. The van der Waals surface area contributed by atoms with Gasteiger partial charge < -0.3 is 30.4 Å². The van der Waals surface area contributed by atoms with E-state index in [0.717, 1.165) is 38.8 Å². The first-order valence-corrected chi connectivity index (χ1v) is 25.4. The molecule has 0 aliphatic carbocycles. The lowest BCUT2D eigenvalue weighted by Gasteiger charge is -2.37. The van der Waals surface area contributed by atoms with Crippen molar-refractivity contribution in [2.75, 3.05) is 26.4 Å². The summed E-state index contributed by atoms with van der Waals surface area (Å²) >= 11 is 27.2. The molecule has 69 heavy (non-hydrogen) atoms. The average Bonchev–Trinajstić information content (AvgIpc) is 4.17. The Balaban J connectivity index is 0.000000167. The number of allylic oxidation sites excluding steroid dienone is 2. The van der Waals surface area contributed by atoms with Crippen LogP contribution in [0.3, 0.4) is 0 Å². The van der Waals surface area contributed by atoms with Crippen molar-refractivity contribution in [3.63, 3.8) is 0 Å². The maximum atomic E-state index is 13.4. The summed E-state index contributed by atoms with van der Waals surface area (Å²) in [5, 5.41) is 22.0. The molecule has 4 aromatic carbocycles. The highest BCUT2D eigenvalue weighted by molar-refractivity contribution is 8.18. The number of fused-ring (bicyclic) bond motifs is 2. The number of hydrogen-bond acceptors (Lipinski definition) is 11. The van der Waals surface area contributed by atoms with Crippen molar-refractivity contribution in [1.82, 2.24) is 30.7 Å². The molecule has 6 heterocycles. The van der Waals surface area contributed by atoms with Crippen LogP contribution < -0.4 is 16.0 Å². The fourth-order valence-corrected chi connectivity index (χ4v) is 12.4. The summed E-state index contributed by atoms with van der Waals surface area (Å²) < 4.78 is 0. The summed E-state index contributed by atoms with van der Waals surface area (Å²) in [5.41, 5.74) is 4.62. The topological polar surface area (TPSA) is 159 Å². The molecule has 13 nitrogen and oxygen atoms in total. The van der Waals surface area contributed by atoms with Crippen LogP contribution in [-0.4, -0.2) is 80.3 Å². The zero-order valence-electron chi connectivity index (χ0n) is 38.5. The van der Waals surface area contributed by atoms with Gasteiger partial charge in [0.05, 0.1) is 32.0 Å². The van der Waals surface area contributed by atoms with E-state index in [1.807, 2.05) is 111 Å². The number of hydrogen-bond donors (Lipinski definition) is 4. The first-order chi connectivity index (χ1) is 32.8. The number of carbonyl (C=O) groups is 4. The van der Waals surface area contributed by atoms with E-state index in [4.69, 9.17) is 56.4 Å². The van der Waals surface area contributed by atoms with Gasteiger partial charge in [0.25, 0.3) is 5.91 Å². The van der Waals surface area contributed by atoms with E-state index < -0.39 is 17.0 Å². The predicted molar refractivity (Wildman–Crippen MR) is 277 cm³/mol. The largest absolute Gasteiger partial charge is 0.477 e. The molecule has 0 saturated carbocycles. The number of nitrogens with one attached hydrogen (secondary N) is 3. The second kappa shape index (κ2) is 20.4. The van der Waals surface area contributed by atoms with Crippen molar-refractivity contribution in [1.29, 1.82) is 0 Å². The lowest BCUT2D eigenvalue weighted by molar-refractivity contribution is -0.132. The van der Waals surface area contributed by atoms with Crippen molar-refractivity contribution in [3.8, 4) is 0 Å². The molecule has 6 aliphatic rings. The minimum Gasteiger partial charge on any atom is -0.477 e. The Hall–Kier alpha value is -5.00. The van der Waals surface area contributed by atoms with Gasteiger partial charge >= 0.3 is 5.97 Å². The quantitative estimate of drug-likeness (QED) is 0.134. The van der Waals surface area contributed by atoms with Crippen LogP contribution in [0.5, 0.6) is 0 Å². The highest BCUT2D eigenvalue weighted by atomic mass is 35.5. The number of aliphatic imine (C=N–C) groups is 2. The summed E-state index contributed by atoms with van der Waals surface area (Å²) in [4.78, 5) is 64.2. The Morgan fingerprint density at radius 1 is 0.638 bits per heavy atom. The molecule has 0 spiro atoms. The standard InChI is InChI=1S/C25H24Cl2N4O2S.C22H20Cl2N2O2S.C3H6N2O/c1-14(2)20-21(23(33)30-12-19(32)28-13-30)34-24-29-25(3,16-6-10-18(27)11-7-16)22(31(20)24)15-4-8-17(26)9-5-15;1-12(2)17-18(20(27)28)29-21-25-22(3,14-6-10-16(24)11-7-14)19(26(17)21)13-4-8-15(23)9-5-13;6-3-1-4-2-5-3/h4-11,14,22H,12-13H2,1-3H3,(H,28,32);4-12,19H,1-3H3,(H,27,28);4H,1-2H2,(H,5,6). The van der Waals surface area contributed by atoms with Crippen molar-refractivity contribution in [3.05, 3.63) is 161 Å². The second-order valence-corrected chi connectivity index (χ2v) is 21.7. The summed E-state index contributed by atoms with van der Waals surface area (Å²) in [6.07, 6.45) is 0. The third-order valence-corrected chi connectivity index (χ3v) is 15.6.